The van der Waals surface area contributed by atoms with E-state index in [4.69, 9.17) is 0 Å². The molecule has 21 heavy (non-hydrogen) atoms. The molecule has 0 atom stereocenters. The summed E-state index contributed by atoms with van der Waals surface area (Å²) in [6.07, 6.45) is 0.905. The summed E-state index contributed by atoms with van der Waals surface area (Å²) in [4.78, 5) is 10.3. The molecule has 2 heterocycles. The summed E-state index contributed by atoms with van der Waals surface area (Å²) in [5.74, 6) is 1.04. The third kappa shape index (κ3) is 3.28. The van der Waals surface area contributed by atoms with Crippen molar-refractivity contribution in [2.24, 2.45) is 0 Å². The Morgan fingerprint density at radius 1 is 1.24 bits per heavy atom. The molecule has 0 radical (unpaired) electrons. The highest BCUT2D eigenvalue weighted by atomic mass is 32.1. The molecule has 1 aromatic carbocycles. The first-order valence-electron chi connectivity index (χ1n) is 7.03. The Kier molecular flexibility index (Phi) is 3.98. The summed E-state index contributed by atoms with van der Waals surface area (Å²) in [6, 6.07) is 6.23. The van der Waals surface area contributed by atoms with Crippen LogP contribution in [0.3, 0.4) is 0 Å². The number of aryl methyl sites for hydroxylation is 2. The van der Waals surface area contributed by atoms with Gasteiger partial charge in [-0.1, -0.05) is 12.1 Å². The molecule has 3 aromatic rings. The van der Waals surface area contributed by atoms with Crippen LogP contribution in [0.15, 0.2) is 18.2 Å². The van der Waals surface area contributed by atoms with Gasteiger partial charge in [-0.25, -0.2) is 4.98 Å². The highest BCUT2D eigenvalue weighted by Crippen LogP contribution is 2.16. The summed E-state index contributed by atoms with van der Waals surface area (Å²) in [5.41, 5.74) is 3.41. The average Bonchev–Trinajstić information content (AvgIpc) is 3.03. The number of imidazole rings is 1. The molecule has 0 aliphatic carbocycles. The van der Waals surface area contributed by atoms with Crippen molar-refractivity contribution >= 4 is 22.4 Å². The number of H-pyrrole nitrogens is 1. The van der Waals surface area contributed by atoms with Gasteiger partial charge in [0.15, 0.2) is 0 Å². The molecule has 0 fully saturated rings. The normalized spacial score (nSPS) is 11.6. The molecule has 0 bridgehead atoms. The van der Waals surface area contributed by atoms with Crippen molar-refractivity contribution in [2.75, 3.05) is 13.6 Å². The predicted octanol–water partition coefficient (Wildman–Crippen LogP) is 2.71. The van der Waals surface area contributed by atoms with Crippen LogP contribution < -0.4 is 0 Å². The number of rotatable bonds is 5. The van der Waals surface area contributed by atoms with Crippen LogP contribution in [-0.2, 0) is 13.0 Å². The number of aromatic amines is 1. The molecule has 6 heteroatoms. The SMILES string of the molecule is Cc1nnc(CN(C)CCc2nc3c(C)cccc3[nH]2)s1. The summed E-state index contributed by atoms with van der Waals surface area (Å²) >= 11 is 1.66. The second kappa shape index (κ2) is 5.91. The zero-order valence-corrected chi connectivity index (χ0v) is 13.4. The number of para-hydroxylation sites is 1. The lowest BCUT2D eigenvalue weighted by atomic mass is 10.2. The molecule has 0 spiro atoms. The van der Waals surface area contributed by atoms with E-state index < -0.39 is 0 Å². The smallest absolute Gasteiger partial charge is 0.131 e. The number of hydrogen-bond donors (Lipinski definition) is 1. The standard InChI is InChI=1S/C15H19N5S/c1-10-5-4-6-12-15(10)17-13(16-12)7-8-20(3)9-14-19-18-11(2)21-14/h4-6H,7-9H2,1-3H3,(H,16,17). The Morgan fingerprint density at radius 2 is 2.10 bits per heavy atom. The zero-order valence-electron chi connectivity index (χ0n) is 12.6. The molecule has 110 valence electrons. The van der Waals surface area contributed by atoms with Gasteiger partial charge in [0, 0.05) is 13.0 Å². The van der Waals surface area contributed by atoms with Gasteiger partial charge in [0.05, 0.1) is 17.6 Å². The zero-order chi connectivity index (χ0) is 14.8. The van der Waals surface area contributed by atoms with Gasteiger partial charge in [-0.3, -0.25) is 4.90 Å². The van der Waals surface area contributed by atoms with E-state index in [1.165, 1.54) is 5.56 Å². The fraction of sp³-hybridized carbons (Fsp3) is 0.400. The van der Waals surface area contributed by atoms with E-state index >= 15 is 0 Å². The number of nitrogens with zero attached hydrogens (tertiary/aromatic N) is 4. The largest absolute Gasteiger partial charge is 0.342 e. The van der Waals surface area contributed by atoms with Crippen molar-refractivity contribution < 1.29 is 0 Å². The fourth-order valence-corrected chi connectivity index (χ4v) is 3.14. The van der Waals surface area contributed by atoms with E-state index in [1.54, 1.807) is 11.3 Å². The van der Waals surface area contributed by atoms with Crippen LogP contribution in [-0.4, -0.2) is 38.7 Å². The Morgan fingerprint density at radius 3 is 2.81 bits per heavy atom. The number of likely N-dealkylation sites (N-methyl/N-ethyl adjacent to an activating group) is 1. The summed E-state index contributed by atoms with van der Waals surface area (Å²) in [5, 5.41) is 10.3. The lowest BCUT2D eigenvalue weighted by molar-refractivity contribution is 0.327. The maximum absolute atomic E-state index is 4.69. The third-order valence-electron chi connectivity index (χ3n) is 3.47. The maximum atomic E-state index is 4.69. The van der Waals surface area contributed by atoms with Crippen LogP contribution in [0.2, 0.25) is 0 Å². The minimum Gasteiger partial charge on any atom is -0.342 e. The fourth-order valence-electron chi connectivity index (χ4n) is 2.35. The highest BCUT2D eigenvalue weighted by Gasteiger charge is 2.08. The van der Waals surface area contributed by atoms with E-state index in [-0.39, 0.29) is 0 Å². The second-order valence-corrected chi connectivity index (χ2v) is 6.62. The second-order valence-electron chi connectivity index (χ2n) is 5.36. The molecule has 1 N–H and O–H groups in total. The quantitative estimate of drug-likeness (QED) is 0.787. The molecule has 0 saturated heterocycles. The third-order valence-corrected chi connectivity index (χ3v) is 4.29. The van der Waals surface area contributed by atoms with Gasteiger partial charge in [-0.2, -0.15) is 0 Å². The van der Waals surface area contributed by atoms with Crippen molar-refractivity contribution in [3.8, 4) is 0 Å². The van der Waals surface area contributed by atoms with Gasteiger partial charge in [-0.15, -0.1) is 21.5 Å². The van der Waals surface area contributed by atoms with Gasteiger partial charge < -0.3 is 4.98 Å². The molecule has 0 aliphatic heterocycles. The van der Waals surface area contributed by atoms with Crippen LogP contribution in [0.1, 0.15) is 21.4 Å². The molecular weight excluding hydrogens is 282 g/mol. The lowest BCUT2D eigenvalue weighted by Crippen LogP contribution is -2.21. The molecule has 5 nitrogen and oxygen atoms in total. The first-order chi connectivity index (χ1) is 10.1. The Bertz CT molecular complexity index is 745. The Labute approximate surface area is 128 Å². The van der Waals surface area contributed by atoms with Crippen LogP contribution >= 0.6 is 11.3 Å². The topological polar surface area (TPSA) is 57.7 Å². The molecule has 2 aromatic heterocycles. The minimum absolute atomic E-state index is 0.838. The highest BCUT2D eigenvalue weighted by molar-refractivity contribution is 7.11. The lowest BCUT2D eigenvalue weighted by Gasteiger charge is -2.13. The number of nitrogens with one attached hydrogen (secondary N) is 1. The summed E-state index contributed by atoms with van der Waals surface area (Å²) in [7, 11) is 2.10. The predicted molar refractivity (Wildman–Crippen MR) is 85.5 cm³/mol. The molecule has 0 saturated carbocycles. The monoisotopic (exact) mass is 301 g/mol. The summed E-state index contributed by atoms with van der Waals surface area (Å²) in [6.45, 7) is 5.86. The van der Waals surface area contributed by atoms with Crippen molar-refractivity contribution in [1.82, 2.24) is 25.1 Å². The van der Waals surface area contributed by atoms with Gasteiger partial charge >= 0.3 is 0 Å². The molecule has 0 unspecified atom stereocenters. The van der Waals surface area contributed by atoms with E-state index in [0.29, 0.717) is 0 Å². The average molecular weight is 301 g/mol. The van der Waals surface area contributed by atoms with Gasteiger partial charge in [0.25, 0.3) is 0 Å². The van der Waals surface area contributed by atoms with Crippen molar-refractivity contribution in [2.45, 2.75) is 26.8 Å². The van der Waals surface area contributed by atoms with E-state index in [9.17, 15) is 0 Å². The first kappa shape index (κ1) is 14.2. The first-order valence-corrected chi connectivity index (χ1v) is 7.85. The van der Waals surface area contributed by atoms with E-state index in [0.717, 1.165) is 46.4 Å². The van der Waals surface area contributed by atoms with Crippen LogP contribution in [0.5, 0.6) is 0 Å². The number of hydrogen-bond acceptors (Lipinski definition) is 5. The molecule has 0 aliphatic rings. The summed E-state index contributed by atoms with van der Waals surface area (Å²) < 4.78 is 0. The van der Waals surface area contributed by atoms with Crippen LogP contribution in [0.4, 0.5) is 0 Å². The number of fused-ring (bicyclic) bond motifs is 1. The van der Waals surface area contributed by atoms with Gasteiger partial charge in [0.1, 0.15) is 15.8 Å². The van der Waals surface area contributed by atoms with Gasteiger partial charge in [0.2, 0.25) is 0 Å². The Balaban J connectivity index is 1.62. The van der Waals surface area contributed by atoms with Crippen LogP contribution in [0.25, 0.3) is 11.0 Å². The molecule has 0 amide bonds. The van der Waals surface area contributed by atoms with Crippen molar-refractivity contribution in [3.05, 3.63) is 39.6 Å². The minimum atomic E-state index is 0.838. The molecular formula is C15H19N5S. The van der Waals surface area contributed by atoms with E-state index in [2.05, 4.69) is 57.2 Å². The number of aromatic nitrogens is 4. The van der Waals surface area contributed by atoms with E-state index in [1.807, 2.05) is 6.92 Å². The van der Waals surface area contributed by atoms with Gasteiger partial charge in [-0.05, 0) is 32.5 Å². The molecule has 3 rings (SSSR count). The Hall–Kier alpha value is -1.79. The van der Waals surface area contributed by atoms with Crippen molar-refractivity contribution in [1.29, 1.82) is 0 Å². The van der Waals surface area contributed by atoms with Crippen LogP contribution in [0, 0.1) is 13.8 Å². The maximum Gasteiger partial charge on any atom is 0.131 e. The number of benzene rings is 1. The van der Waals surface area contributed by atoms with Crippen molar-refractivity contribution in [3.63, 3.8) is 0 Å².